The van der Waals surface area contributed by atoms with Gasteiger partial charge in [-0.25, -0.2) is 0 Å². The van der Waals surface area contributed by atoms with Crippen molar-refractivity contribution < 1.29 is 18.8 Å². The average Bonchev–Trinajstić information content (AvgIpc) is 3.45. The molecule has 2 rings (SSSR count). The van der Waals surface area contributed by atoms with E-state index < -0.39 is 0 Å². The number of nitrogens with one attached hydrogen (secondary N) is 1. The van der Waals surface area contributed by atoms with Crippen molar-refractivity contribution in [3.8, 4) is 0 Å². The summed E-state index contributed by atoms with van der Waals surface area (Å²) in [5.74, 6) is 0.126. The van der Waals surface area contributed by atoms with Gasteiger partial charge in [-0.2, -0.15) is 0 Å². The van der Waals surface area contributed by atoms with Crippen molar-refractivity contribution in [2.45, 2.75) is 103 Å². The fourth-order valence-corrected chi connectivity index (χ4v) is 4.02. The second kappa shape index (κ2) is 15.8. The Morgan fingerprint density at radius 3 is 2.32 bits per heavy atom. The van der Waals surface area contributed by atoms with Gasteiger partial charge in [-0.15, -0.1) is 0 Å². The molecule has 1 fully saturated rings. The third-order valence-electron chi connectivity index (χ3n) is 5.83. The number of aromatic nitrogens is 1. The summed E-state index contributed by atoms with van der Waals surface area (Å²) in [6, 6.07) is 1.58. The molecule has 0 bridgehead atoms. The molecule has 1 N–H and O–H groups in total. The van der Waals surface area contributed by atoms with Crippen LogP contribution in [0.5, 0.6) is 0 Å². The van der Waals surface area contributed by atoms with E-state index in [9.17, 15) is 9.59 Å². The number of unbranched alkanes of at least 4 members (excludes halogenated alkanes) is 10. The van der Waals surface area contributed by atoms with E-state index in [-0.39, 0.29) is 24.5 Å². The Labute approximate surface area is 187 Å². The molecule has 0 aliphatic carbocycles. The standard InChI is InChI=1S/C24H41N3O4/c1-2-3-4-5-6-7-8-9-10-11-12-15-24(29)27(19-21-14-13-17-30-21)20-23(28)25-22-16-18-31-26-22/h16,18,21H,2-15,17,19-20H2,1H3,(H,25,26,28)/t21-/m0/s1. The van der Waals surface area contributed by atoms with E-state index in [1.165, 1.54) is 64.1 Å². The monoisotopic (exact) mass is 435 g/mol. The summed E-state index contributed by atoms with van der Waals surface area (Å²) in [7, 11) is 0. The molecule has 1 saturated heterocycles. The van der Waals surface area contributed by atoms with Crippen molar-refractivity contribution >= 4 is 17.6 Å². The number of carbonyl (C=O) groups is 2. The molecule has 1 aromatic rings. The van der Waals surface area contributed by atoms with Gasteiger partial charge in [0.05, 0.1) is 12.6 Å². The second-order valence-corrected chi connectivity index (χ2v) is 8.63. The van der Waals surface area contributed by atoms with Gasteiger partial charge in [0.2, 0.25) is 11.8 Å². The molecule has 0 unspecified atom stereocenters. The summed E-state index contributed by atoms with van der Waals surface area (Å²) < 4.78 is 10.4. The summed E-state index contributed by atoms with van der Waals surface area (Å²) in [6.07, 6.45) is 17.6. The average molecular weight is 436 g/mol. The lowest BCUT2D eigenvalue weighted by molar-refractivity contribution is -0.136. The number of carbonyl (C=O) groups excluding carboxylic acids is 2. The molecular weight excluding hydrogens is 394 g/mol. The molecule has 0 saturated carbocycles. The maximum Gasteiger partial charge on any atom is 0.245 e. The highest BCUT2D eigenvalue weighted by Gasteiger charge is 2.24. The molecule has 0 aromatic carbocycles. The Morgan fingerprint density at radius 1 is 1.06 bits per heavy atom. The summed E-state index contributed by atoms with van der Waals surface area (Å²) in [5.41, 5.74) is 0. The molecule has 0 radical (unpaired) electrons. The van der Waals surface area contributed by atoms with Gasteiger partial charge in [0.1, 0.15) is 6.26 Å². The van der Waals surface area contributed by atoms with Gasteiger partial charge in [0, 0.05) is 25.6 Å². The first-order valence-electron chi connectivity index (χ1n) is 12.3. The van der Waals surface area contributed by atoms with E-state index in [0.717, 1.165) is 32.3 Å². The molecule has 176 valence electrons. The van der Waals surface area contributed by atoms with Gasteiger partial charge in [-0.1, -0.05) is 76.3 Å². The number of ether oxygens (including phenoxy) is 1. The first kappa shape index (κ1) is 25.4. The Balaban J connectivity index is 1.62. The highest BCUT2D eigenvalue weighted by Crippen LogP contribution is 2.16. The van der Waals surface area contributed by atoms with Gasteiger partial charge in [0.15, 0.2) is 5.82 Å². The number of nitrogens with zero attached hydrogens (tertiary/aromatic N) is 2. The minimum atomic E-state index is -0.265. The first-order chi connectivity index (χ1) is 15.2. The van der Waals surface area contributed by atoms with Crippen LogP contribution in [0.25, 0.3) is 0 Å². The van der Waals surface area contributed by atoms with Crippen LogP contribution in [-0.4, -0.2) is 47.7 Å². The van der Waals surface area contributed by atoms with Crippen LogP contribution in [0.4, 0.5) is 5.82 Å². The number of hydrogen-bond acceptors (Lipinski definition) is 5. The maximum absolute atomic E-state index is 12.8. The van der Waals surface area contributed by atoms with E-state index in [0.29, 0.717) is 18.8 Å². The van der Waals surface area contributed by atoms with Crippen LogP contribution >= 0.6 is 0 Å². The molecule has 1 atom stereocenters. The van der Waals surface area contributed by atoms with E-state index in [1.807, 2.05) is 0 Å². The number of amides is 2. The van der Waals surface area contributed by atoms with Crippen LogP contribution in [-0.2, 0) is 14.3 Å². The summed E-state index contributed by atoms with van der Waals surface area (Å²) >= 11 is 0. The van der Waals surface area contributed by atoms with Gasteiger partial charge in [-0.05, 0) is 19.3 Å². The van der Waals surface area contributed by atoms with E-state index in [4.69, 9.17) is 9.26 Å². The third kappa shape index (κ3) is 11.3. The van der Waals surface area contributed by atoms with Crippen LogP contribution < -0.4 is 5.32 Å². The van der Waals surface area contributed by atoms with Crippen LogP contribution in [0.15, 0.2) is 16.9 Å². The van der Waals surface area contributed by atoms with Crippen molar-refractivity contribution in [1.82, 2.24) is 10.1 Å². The molecular formula is C24H41N3O4. The van der Waals surface area contributed by atoms with Crippen LogP contribution in [0, 0.1) is 0 Å². The van der Waals surface area contributed by atoms with Gasteiger partial charge >= 0.3 is 0 Å². The topological polar surface area (TPSA) is 84.7 Å². The summed E-state index contributed by atoms with van der Waals surface area (Å²) in [6.45, 7) is 3.48. The largest absolute Gasteiger partial charge is 0.376 e. The fraction of sp³-hybridized carbons (Fsp3) is 0.792. The predicted octanol–water partition coefficient (Wildman–Crippen LogP) is 5.32. The smallest absolute Gasteiger partial charge is 0.245 e. The molecule has 0 spiro atoms. The number of anilines is 1. The van der Waals surface area contributed by atoms with Crippen LogP contribution in [0.3, 0.4) is 0 Å². The minimum absolute atomic E-state index is 0.0174. The van der Waals surface area contributed by atoms with Gasteiger partial charge < -0.3 is 19.5 Å². The zero-order valence-electron chi connectivity index (χ0n) is 19.3. The van der Waals surface area contributed by atoms with E-state index in [1.54, 1.807) is 11.0 Å². The molecule has 7 nitrogen and oxygen atoms in total. The number of hydrogen-bond donors (Lipinski definition) is 1. The van der Waals surface area contributed by atoms with Crippen molar-refractivity contribution in [3.63, 3.8) is 0 Å². The highest BCUT2D eigenvalue weighted by atomic mass is 16.5. The lowest BCUT2D eigenvalue weighted by atomic mass is 10.0. The number of rotatable bonds is 17. The van der Waals surface area contributed by atoms with Gasteiger partial charge in [0.25, 0.3) is 0 Å². The minimum Gasteiger partial charge on any atom is -0.376 e. The highest BCUT2D eigenvalue weighted by molar-refractivity contribution is 5.93. The summed E-state index contributed by atoms with van der Waals surface area (Å²) in [4.78, 5) is 26.8. The maximum atomic E-state index is 12.8. The van der Waals surface area contributed by atoms with Crippen LogP contribution in [0.2, 0.25) is 0 Å². The predicted molar refractivity (Wildman–Crippen MR) is 122 cm³/mol. The van der Waals surface area contributed by atoms with Crippen molar-refractivity contribution in [2.24, 2.45) is 0 Å². The van der Waals surface area contributed by atoms with Crippen molar-refractivity contribution in [1.29, 1.82) is 0 Å². The molecule has 2 amide bonds. The molecule has 1 aromatic heterocycles. The van der Waals surface area contributed by atoms with Crippen molar-refractivity contribution in [3.05, 3.63) is 12.3 Å². The zero-order valence-corrected chi connectivity index (χ0v) is 19.3. The Bertz CT molecular complexity index is 600. The Hall–Kier alpha value is -1.89. The second-order valence-electron chi connectivity index (χ2n) is 8.63. The lowest BCUT2D eigenvalue weighted by Crippen LogP contribution is -2.42. The molecule has 1 aliphatic rings. The third-order valence-corrected chi connectivity index (χ3v) is 5.83. The Kier molecular flexibility index (Phi) is 13.0. The van der Waals surface area contributed by atoms with Crippen LogP contribution in [0.1, 0.15) is 96.8 Å². The quantitative estimate of drug-likeness (QED) is 0.335. The van der Waals surface area contributed by atoms with Gasteiger partial charge in [-0.3, -0.25) is 9.59 Å². The normalized spacial score (nSPS) is 15.8. The SMILES string of the molecule is CCCCCCCCCCCCCC(=O)N(CC(=O)Nc1ccon1)C[C@@H]1CCCO1. The van der Waals surface area contributed by atoms with E-state index in [2.05, 4.69) is 17.4 Å². The lowest BCUT2D eigenvalue weighted by Gasteiger charge is -2.25. The molecule has 7 heteroatoms. The fourth-order valence-electron chi connectivity index (χ4n) is 4.02. The Morgan fingerprint density at radius 2 is 1.74 bits per heavy atom. The van der Waals surface area contributed by atoms with E-state index >= 15 is 0 Å². The van der Waals surface area contributed by atoms with Crippen molar-refractivity contribution in [2.75, 3.05) is 25.0 Å². The molecule has 2 heterocycles. The zero-order chi connectivity index (χ0) is 22.2. The molecule has 31 heavy (non-hydrogen) atoms. The first-order valence-corrected chi connectivity index (χ1v) is 12.3. The molecule has 1 aliphatic heterocycles. The summed E-state index contributed by atoms with van der Waals surface area (Å²) in [5, 5.41) is 6.35.